The molecule has 7 heteroatoms. The van der Waals surface area contributed by atoms with Crippen LogP contribution in [0.5, 0.6) is 0 Å². The van der Waals surface area contributed by atoms with Crippen molar-refractivity contribution in [3.8, 4) is 10.8 Å². The number of rotatable bonds is 4. The smallest absolute Gasteiger partial charge is 0.271 e. The number of aromatic nitrogens is 4. The van der Waals surface area contributed by atoms with Gasteiger partial charge in [0.05, 0.1) is 11.1 Å². The van der Waals surface area contributed by atoms with Gasteiger partial charge in [-0.15, -0.1) is 16.7 Å². The second-order valence-electron chi connectivity index (χ2n) is 3.24. The van der Waals surface area contributed by atoms with Gasteiger partial charge in [0, 0.05) is 0 Å². The van der Waals surface area contributed by atoms with Gasteiger partial charge in [0.1, 0.15) is 4.88 Å². The third-order valence-corrected chi connectivity index (χ3v) is 3.43. The minimum atomic E-state index is -0.205. The third-order valence-electron chi connectivity index (χ3n) is 2.17. The molecule has 16 heavy (non-hydrogen) atoms. The van der Waals surface area contributed by atoms with E-state index in [1.54, 1.807) is 0 Å². The summed E-state index contributed by atoms with van der Waals surface area (Å²) in [6.45, 7) is 3.98. The highest BCUT2D eigenvalue weighted by atomic mass is 35.5. The van der Waals surface area contributed by atoms with Crippen molar-refractivity contribution in [2.45, 2.75) is 32.1 Å². The molecule has 0 aromatic carbocycles. The number of aryl methyl sites for hydroxylation is 1. The van der Waals surface area contributed by atoms with Crippen molar-refractivity contribution in [3.63, 3.8) is 0 Å². The van der Waals surface area contributed by atoms with Crippen molar-refractivity contribution in [2.24, 2.45) is 0 Å². The van der Waals surface area contributed by atoms with Crippen molar-refractivity contribution >= 4 is 23.1 Å². The molecule has 2 aromatic rings. The monoisotopic (exact) mass is 258 g/mol. The molecule has 2 heterocycles. The lowest BCUT2D eigenvalue weighted by atomic mass is 10.3. The first-order chi connectivity index (χ1) is 7.76. The highest BCUT2D eigenvalue weighted by Gasteiger charge is 2.19. The van der Waals surface area contributed by atoms with Gasteiger partial charge in [-0.05, 0) is 24.4 Å². The molecular weight excluding hydrogens is 248 g/mol. The molecule has 0 amide bonds. The summed E-state index contributed by atoms with van der Waals surface area (Å²) in [6.07, 6.45) is 1.56. The van der Waals surface area contributed by atoms with Crippen molar-refractivity contribution < 1.29 is 4.52 Å². The Kier molecular flexibility index (Phi) is 3.50. The lowest BCUT2D eigenvalue weighted by Crippen LogP contribution is -1.91. The molecule has 1 atom stereocenters. The maximum absolute atomic E-state index is 6.03. The fourth-order valence-electron chi connectivity index (χ4n) is 1.24. The number of hydrogen-bond acceptors (Lipinski definition) is 6. The molecule has 0 saturated heterocycles. The molecule has 2 aromatic heterocycles. The van der Waals surface area contributed by atoms with Crippen LogP contribution in [0.1, 0.15) is 37.2 Å². The van der Waals surface area contributed by atoms with E-state index in [1.165, 1.54) is 11.5 Å². The quantitative estimate of drug-likeness (QED) is 0.789. The van der Waals surface area contributed by atoms with Crippen LogP contribution in [0.3, 0.4) is 0 Å². The molecule has 0 bridgehead atoms. The zero-order valence-corrected chi connectivity index (χ0v) is 10.5. The van der Waals surface area contributed by atoms with Crippen LogP contribution in [-0.2, 0) is 6.42 Å². The maximum Gasteiger partial charge on any atom is 0.271 e. The topological polar surface area (TPSA) is 64.7 Å². The number of alkyl halides is 1. The second-order valence-corrected chi connectivity index (χ2v) is 4.52. The zero-order valence-electron chi connectivity index (χ0n) is 8.97. The molecule has 2 rings (SSSR count). The lowest BCUT2D eigenvalue weighted by molar-refractivity contribution is 0.421. The molecule has 0 saturated carbocycles. The van der Waals surface area contributed by atoms with E-state index >= 15 is 0 Å². The largest absolute Gasteiger partial charge is 0.333 e. The summed E-state index contributed by atoms with van der Waals surface area (Å²) in [5.74, 6) is 0.982. The summed E-state index contributed by atoms with van der Waals surface area (Å²) in [5, 5.41) is 7.64. The summed E-state index contributed by atoms with van der Waals surface area (Å²) in [7, 11) is 0. The Morgan fingerprint density at radius 3 is 2.94 bits per heavy atom. The second kappa shape index (κ2) is 4.88. The average Bonchev–Trinajstić information content (AvgIpc) is 2.95. The van der Waals surface area contributed by atoms with Gasteiger partial charge in [0.15, 0.2) is 5.82 Å². The molecule has 86 valence electrons. The zero-order chi connectivity index (χ0) is 11.5. The highest BCUT2D eigenvalue weighted by molar-refractivity contribution is 7.09. The van der Waals surface area contributed by atoms with Gasteiger partial charge in [-0.3, -0.25) is 0 Å². The summed E-state index contributed by atoms with van der Waals surface area (Å²) in [6, 6.07) is 0. The van der Waals surface area contributed by atoms with Crippen LogP contribution in [0.2, 0.25) is 0 Å². The fourth-order valence-corrected chi connectivity index (χ4v) is 2.00. The van der Waals surface area contributed by atoms with Crippen molar-refractivity contribution in [1.82, 2.24) is 19.7 Å². The minimum absolute atomic E-state index is 0.205. The minimum Gasteiger partial charge on any atom is -0.333 e. The Bertz CT molecular complexity index is 470. The van der Waals surface area contributed by atoms with Crippen LogP contribution < -0.4 is 0 Å². The SMILES string of the molecule is CCc1nnsc1-c1nc(C(Cl)CC)no1. The number of hydrogen-bond donors (Lipinski definition) is 0. The maximum atomic E-state index is 6.03. The van der Waals surface area contributed by atoms with E-state index < -0.39 is 0 Å². The Labute approximate surface area is 102 Å². The van der Waals surface area contributed by atoms with E-state index in [2.05, 4.69) is 19.7 Å². The summed E-state index contributed by atoms with van der Waals surface area (Å²) >= 11 is 7.29. The number of nitrogens with zero attached hydrogens (tertiary/aromatic N) is 4. The summed E-state index contributed by atoms with van der Waals surface area (Å²) in [4.78, 5) is 5.09. The van der Waals surface area contributed by atoms with Gasteiger partial charge in [-0.25, -0.2) is 0 Å². The van der Waals surface area contributed by atoms with E-state index in [-0.39, 0.29) is 5.38 Å². The molecule has 0 fully saturated rings. The molecule has 0 aliphatic carbocycles. The molecule has 0 radical (unpaired) electrons. The van der Waals surface area contributed by atoms with Crippen LogP contribution in [0.25, 0.3) is 10.8 Å². The predicted molar refractivity (Wildman–Crippen MR) is 61.5 cm³/mol. The first-order valence-electron chi connectivity index (χ1n) is 5.05. The van der Waals surface area contributed by atoms with E-state index in [0.29, 0.717) is 11.7 Å². The molecule has 5 nitrogen and oxygen atoms in total. The summed E-state index contributed by atoms with van der Waals surface area (Å²) < 4.78 is 9.03. The van der Waals surface area contributed by atoms with Gasteiger partial charge in [-0.1, -0.05) is 23.5 Å². The average molecular weight is 259 g/mol. The van der Waals surface area contributed by atoms with E-state index in [0.717, 1.165) is 23.4 Å². The Morgan fingerprint density at radius 2 is 2.25 bits per heavy atom. The van der Waals surface area contributed by atoms with Crippen molar-refractivity contribution in [3.05, 3.63) is 11.5 Å². The fraction of sp³-hybridized carbons (Fsp3) is 0.556. The highest BCUT2D eigenvalue weighted by Crippen LogP contribution is 2.28. The van der Waals surface area contributed by atoms with Gasteiger partial charge in [-0.2, -0.15) is 4.98 Å². The van der Waals surface area contributed by atoms with Crippen LogP contribution in [-0.4, -0.2) is 19.7 Å². The van der Waals surface area contributed by atoms with E-state index in [9.17, 15) is 0 Å². The molecule has 0 spiro atoms. The first kappa shape index (κ1) is 11.5. The van der Waals surface area contributed by atoms with Crippen LogP contribution in [0.4, 0.5) is 0 Å². The first-order valence-corrected chi connectivity index (χ1v) is 6.26. The van der Waals surface area contributed by atoms with Gasteiger partial charge in [0.25, 0.3) is 5.89 Å². The molecule has 0 N–H and O–H groups in total. The van der Waals surface area contributed by atoms with E-state index in [4.69, 9.17) is 16.1 Å². The standard InChI is InChI=1S/C9H11ClN4OS/c1-3-5(10)8-11-9(15-13-8)7-6(4-2)12-14-16-7/h5H,3-4H2,1-2H3. The third kappa shape index (κ3) is 2.08. The van der Waals surface area contributed by atoms with Crippen molar-refractivity contribution in [2.75, 3.05) is 0 Å². The molecule has 1 unspecified atom stereocenters. The van der Waals surface area contributed by atoms with Gasteiger partial charge >= 0.3 is 0 Å². The summed E-state index contributed by atoms with van der Waals surface area (Å²) in [5.41, 5.74) is 0.878. The predicted octanol–water partition coefficient (Wildman–Crippen LogP) is 2.84. The Morgan fingerprint density at radius 1 is 1.44 bits per heavy atom. The molecular formula is C9H11ClN4OS. The van der Waals surface area contributed by atoms with Gasteiger partial charge in [0.2, 0.25) is 0 Å². The van der Waals surface area contributed by atoms with Crippen LogP contribution >= 0.6 is 23.1 Å². The lowest BCUT2D eigenvalue weighted by Gasteiger charge is -1.96. The normalized spacial score (nSPS) is 12.9. The Hall–Kier alpha value is -1.01. The van der Waals surface area contributed by atoms with Crippen molar-refractivity contribution in [1.29, 1.82) is 0 Å². The van der Waals surface area contributed by atoms with E-state index in [1.807, 2.05) is 13.8 Å². The number of halogens is 1. The molecule has 0 aliphatic rings. The molecule has 0 aliphatic heterocycles. The van der Waals surface area contributed by atoms with Crippen LogP contribution in [0, 0.1) is 0 Å². The Balaban J connectivity index is 2.31. The van der Waals surface area contributed by atoms with Gasteiger partial charge < -0.3 is 4.52 Å². The van der Waals surface area contributed by atoms with Crippen LogP contribution in [0.15, 0.2) is 4.52 Å².